The second kappa shape index (κ2) is 9.60. The minimum absolute atomic E-state index is 0.399. The molecule has 0 spiro atoms. The van der Waals surface area contributed by atoms with Gasteiger partial charge in [-0.25, -0.2) is 4.79 Å². The zero-order valence-corrected chi connectivity index (χ0v) is 15.9. The number of benzene rings is 3. The second-order valence-corrected chi connectivity index (χ2v) is 6.46. The normalized spacial score (nSPS) is 10.5. The highest BCUT2D eigenvalue weighted by atomic mass is 16.5. The molecule has 3 aromatic rings. The Morgan fingerprint density at radius 3 is 2.25 bits per heavy atom. The molecule has 3 rings (SSSR count). The van der Waals surface area contributed by atoms with E-state index < -0.39 is 12.6 Å². The molecule has 0 saturated heterocycles. The standard InChI is InChI=1S/C24H24O4/c1-2-3-15-27-20-12-7-11-19(16-20)22-14-8-13-21(18-9-5-4-6-10-18)24(22)28-17-23(25)26/h4-14,16H,2-3,15,17H2,1H3,(H,25,26). The molecular formula is C24H24O4. The lowest BCUT2D eigenvalue weighted by Crippen LogP contribution is -2.10. The third kappa shape index (κ3) is 4.92. The lowest BCUT2D eigenvalue weighted by Gasteiger charge is -2.16. The minimum atomic E-state index is -1.01. The van der Waals surface area contributed by atoms with Crippen LogP contribution in [-0.2, 0) is 4.79 Å². The van der Waals surface area contributed by atoms with E-state index in [4.69, 9.17) is 14.6 Å². The third-order valence-corrected chi connectivity index (χ3v) is 4.35. The van der Waals surface area contributed by atoms with Crippen LogP contribution in [0.15, 0.2) is 72.8 Å². The van der Waals surface area contributed by atoms with Crippen LogP contribution in [0, 0.1) is 0 Å². The van der Waals surface area contributed by atoms with Crippen molar-refractivity contribution in [3.05, 3.63) is 72.8 Å². The van der Waals surface area contributed by atoms with Gasteiger partial charge >= 0.3 is 5.97 Å². The summed E-state index contributed by atoms with van der Waals surface area (Å²) in [6, 6.07) is 23.5. The summed E-state index contributed by atoms with van der Waals surface area (Å²) >= 11 is 0. The number of aliphatic carboxylic acids is 1. The van der Waals surface area contributed by atoms with Gasteiger partial charge in [-0.1, -0.05) is 74.0 Å². The van der Waals surface area contributed by atoms with Crippen LogP contribution >= 0.6 is 0 Å². The Morgan fingerprint density at radius 1 is 0.857 bits per heavy atom. The number of unbranched alkanes of at least 4 members (excludes halogenated alkanes) is 1. The van der Waals surface area contributed by atoms with Gasteiger partial charge in [-0.15, -0.1) is 0 Å². The summed E-state index contributed by atoms with van der Waals surface area (Å²) in [5.41, 5.74) is 3.59. The molecule has 0 saturated carbocycles. The molecule has 0 fully saturated rings. The van der Waals surface area contributed by atoms with Crippen LogP contribution in [0.5, 0.6) is 11.5 Å². The Labute approximate surface area is 165 Å². The summed E-state index contributed by atoms with van der Waals surface area (Å²) in [5, 5.41) is 9.12. The van der Waals surface area contributed by atoms with Crippen molar-refractivity contribution in [3.63, 3.8) is 0 Å². The molecule has 0 atom stereocenters. The van der Waals surface area contributed by atoms with Gasteiger partial charge < -0.3 is 14.6 Å². The molecule has 4 nitrogen and oxygen atoms in total. The number of carboxylic acids is 1. The molecule has 0 aromatic heterocycles. The number of para-hydroxylation sites is 1. The van der Waals surface area contributed by atoms with E-state index in [1.807, 2.05) is 72.8 Å². The van der Waals surface area contributed by atoms with Crippen molar-refractivity contribution >= 4 is 5.97 Å². The summed E-state index contributed by atoms with van der Waals surface area (Å²) in [6.07, 6.45) is 2.08. The highest BCUT2D eigenvalue weighted by Gasteiger charge is 2.15. The molecule has 0 aliphatic carbocycles. The minimum Gasteiger partial charge on any atom is -0.494 e. The number of ether oxygens (including phenoxy) is 2. The van der Waals surface area contributed by atoms with E-state index in [0.717, 1.165) is 40.8 Å². The van der Waals surface area contributed by atoms with Crippen LogP contribution in [0.4, 0.5) is 0 Å². The predicted octanol–water partition coefficient (Wildman–Crippen LogP) is 5.66. The molecule has 0 amide bonds. The Balaban J connectivity index is 2.02. The van der Waals surface area contributed by atoms with E-state index >= 15 is 0 Å². The van der Waals surface area contributed by atoms with Crippen LogP contribution < -0.4 is 9.47 Å². The fourth-order valence-corrected chi connectivity index (χ4v) is 2.99. The van der Waals surface area contributed by atoms with Crippen molar-refractivity contribution in [2.24, 2.45) is 0 Å². The molecule has 0 aliphatic heterocycles. The smallest absolute Gasteiger partial charge is 0.341 e. The second-order valence-electron chi connectivity index (χ2n) is 6.46. The van der Waals surface area contributed by atoms with E-state index in [9.17, 15) is 4.79 Å². The SMILES string of the molecule is CCCCOc1cccc(-c2cccc(-c3ccccc3)c2OCC(=O)O)c1. The Hall–Kier alpha value is -3.27. The van der Waals surface area contributed by atoms with Crippen LogP contribution in [0.25, 0.3) is 22.3 Å². The molecule has 0 radical (unpaired) electrons. The van der Waals surface area contributed by atoms with Gasteiger partial charge in [-0.05, 0) is 29.7 Å². The number of hydrogen-bond acceptors (Lipinski definition) is 3. The molecule has 0 unspecified atom stereocenters. The fraction of sp³-hybridized carbons (Fsp3) is 0.208. The maximum Gasteiger partial charge on any atom is 0.341 e. The van der Waals surface area contributed by atoms with Crippen molar-refractivity contribution in [3.8, 4) is 33.8 Å². The zero-order chi connectivity index (χ0) is 19.8. The van der Waals surface area contributed by atoms with Crippen LogP contribution in [-0.4, -0.2) is 24.3 Å². The molecule has 28 heavy (non-hydrogen) atoms. The molecule has 3 aromatic carbocycles. The van der Waals surface area contributed by atoms with Gasteiger partial charge in [0.1, 0.15) is 11.5 Å². The topological polar surface area (TPSA) is 55.8 Å². The Morgan fingerprint density at radius 2 is 1.54 bits per heavy atom. The van der Waals surface area contributed by atoms with Gasteiger partial charge in [0.25, 0.3) is 0 Å². The van der Waals surface area contributed by atoms with E-state index in [1.54, 1.807) is 0 Å². The molecule has 0 heterocycles. The molecule has 144 valence electrons. The number of rotatable bonds is 9. The van der Waals surface area contributed by atoms with Gasteiger partial charge in [0, 0.05) is 11.1 Å². The van der Waals surface area contributed by atoms with E-state index in [-0.39, 0.29) is 0 Å². The lowest BCUT2D eigenvalue weighted by molar-refractivity contribution is -0.139. The first-order chi connectivity index (χ1) is 13.7. The van der Waals surface area contributed by atoms with Crippen LogP contribution in [0.2, 0.25) is 0 Å². The Bertz CT molecular complexity index is 919. The quantitative estimate of drug-likeness (QED) is 0.489. The summed E-state index contributed by atoms with van der Waals surface area (Å²) in [7, 11) is 0. The fourth-order valence-electron chi connectivity index (χ4n) is 2.99. The average molecular weight is 376 g/mol. The van der Waals surface area contributed by atoms with E-state index in [2.05, 4.69) is 6.92 Å². The highest BCUT2D eigenvalue weighted by Crippen LogP contribution is 2.39. The first-order valence-electron chi connectivity index (χ1n) is 9.45. The van der Waals surface area contributed by atoms with Crippen molar-refractivity contribution in [2.75, 3.05) is 13.2 Å². The molecule has 4 heteroatoms. The van der Waals surface area contributed by atoms with Gasteiger partial charge in [0.2, 0.25) is 0 Å². The summed E-state index contributed by atoms with van der Waals surface area (Å²) < 4.78 is 11.6. The first-order valence-corrected chi connectivity index (χ1v) is 9.45. The van der Waals surface area contributed by atoms with Crippen LogP contribution in [0.1, 0.15) is 19.8 Å². The molecule has 1 N–H and O–H groups in total. The van der Waals surface area contributed by atoms with Crippen molar-refractivity contribution in [2.45, 2.75) is 19.8 Å². The van der Waals surface area contributed by atoms with Crippen molar-refractivity contribution in [1.82, 2.24) is 0 Å². The maximum atomic E-state index is 11.1. The van der Waals surface area contributed by atoms with Crippen molar-refractivity contribution < 1.29 is 19.4 Å². The monoisotopic (exact) mass is 376 g/mol. The Kier molecular flexibility index (Phi) is 6.68. The largest absolute Gasteiger partial charge is 0.494 e. The molecule has 0 aliphatic rings. The molecular weight excluding hydrogens is 352 g/mol. The van der Waals surface area contributed by atoms with Gasteiger partial charge in [-0.2, -0.15) is 0 Å². The predicted molar refractivity (Wildman–Crippen MR) is 111 cm³/mol. The lowest BCUT2D eigenvalue weighted by atomic mass is 9.97. The number of carboxylic acid groups (broad SMARTS) is 1. The van der Waals surface area contributed by atoms with Gasteiger partial charge in [-0.3, -0.25) is 0 Å². The van der Waals surface area contributed by atoms with Crippen molar-refractivity contribution in [1.29, 1.82) is 0 Å². The van der Waals surface area contributed by atoms with E-state index in [1.165, 1.54) is 0 Å². The average Bonchev–Trinajstić information content (AvgIpc) is 2.73. The third-order valence-electron chi connectivity index (χ3n) is 4.35. The zero-order valence-electron chi connectivity index (χ0n) is 15.9. The number of hydrogen-bond donors (Lipinski definition) is 1. The number of carbonyl (C=O) groups is 1. The summed E-state index contributed by atoms with van der Waals surface area (Å²) in [6.45, 7) is 2.40. The first kappa shape index (κ1) is 19.5. The summed E-state index contributed by atoms with van der Waals surface area (Å²) in [4.78, 5) is 11.1. The van der Waals surface area contributed by atoms with Gasteiger partial charge in [0.05, 0.1) is 6.61 Å². The van der Waals surface area contributed by atoms with Crippen LogP contribution in [0.3, 0.4) is 0 Å². The molecule has 0 bridgehead atoms. The van der Waals surface area contributed by atoms with E-state index in [0.29, 0.717) is 12.4 Å². The summed E-state index contributed by atoms with van der Waals surface area (Å²) in [5.74, 6) is 0.340. The highest BCUT2D eigenvalue weighted by molar-refractivity contribution is 5.83. The maximum absolute atomic E-state index is 11.1. The van der Waals surface area contributed by atoms with Gasteiger partial charge in [0.15, 0.2) is 6.61 Å².